The molecular formula is C13H12Cl2N2O4. The Labute approximate surface area is 130 Å². The molecular weight excluding hydrogens is 319 g/mol. The number of amides is 2. The van der Waals surface area contributed by atoms with Crippen LogP contribution in [0.1, 0.15) is 12.0 Å². The summed E-state index contributed by atoms with van der Waals surface area (Å²) in [6.45, 7) is 0. The van der Waals surface area contributed by atoms with Gasteiger partial charge >= 0.3 is 5.97 Å². The maximum atomic E-state index is 11.6. The van der Waals surface area contributed by atoms with Crippen LogP contribution in [0.3, 0.4) is 0 Å². The summed E-state index contributed by atoms with van der Waals surface area (Å²) in [4.78, 5) is 33.2. The van der Waals surface area contributed by atoms with Crippen LogP contribution in [0, 0.1) is 0 Å². The summed E-state index contributed by atoms with van der Waals surface area (Å²) in [6.07, 6.45) is 1.93. The molecule has 6 nitrogen and oxygen atoms in total. The van der Waals surface area contributed by atoms with Gasteiger partial charge in [0.2, 0.25) is 11.8 Å². The molecule has 2 amide bonds. The number of halogens is 2. The van der Waals surface area contributed by atoms with E-state index < -0.39 is 30.2 Å². The molecule has 0 spiro atoms. The summed E-state index contributed by atoms with van der Waals surface area (Å²) in [5, 5.41) is 11.7. The predicted molar refractivity (Wildman–Crippen MR) is 78.9 cm³/mol. The summed E-state index contributed by atoms with van der Waals surface area (Å²) >= 11 is 11.8. The van der Waals surface area contributed by atoms with Gasteiger partial charge in [-0.05, 0) is 18.2 Å². The van der Waals surface area contributed by atoms with Crippen molar-refractivity contribution in [2.75, 3.05) is 0 Å². The van der Waals surface area contributed by atoms with Crippen LogP contribution in [0.25, 0.3) is 6.08 Å². The monoisotopic (exact) mass is 330 g/mol. The van der Waals surface area contributed by atoms with E-state index in [1.165, 1.54) is 6.08 Å². The van der Waals surface area contributed by atoms with Gasteiger partial charge in [-0.2, -0.15) is 0 Å². The van der Waals surface area contributed by atoms with Crippen molar-refractivity contribution in [2.45, 2.75) is 12.5 Å². The van der Waals surface area contributed by atoms with E-state index in [1.807, 2.05) is 0 Å². The molecule has 0 aliphatic heterocycles. The maximum Gasteiger partial charge on any atom is 0.326 e. The van der Waals surface area contributed by atoms with Crippen LogP contribution in [0.15, 0.2) is 24.3 Å². The highest BCUT2D eigenvalue weighted by atomic mass is 35.5. The minimum absolute atomic E-state index is 0.346. The quantitative estimate of drug-likeness (QED) is 0.685. The third kappa shape index (κ3) is 5.45. The van der Waals surface area contributed by atoms with Gasteiger partial charge in [-0.3, -0.25) is 9.59 Å². The first-order valence-electron chi connectivity index (χ1n) is 5.75. The number of hydrogen-bond donors (Lipinski definition) is 3. The maximum absolute atomic E-state index is 11.6. The molecule has 0 aliphatic carbocycles. The van der Waals surface area contributed by atoms with Crippen molar-refractivity contribution >= 4 is 47.1 Å². The zero-order valence-corrected chi connectivity index (χ0v) is 12.2. The fraction of sp³-hybridized carbons (Fsp3) is 0.154. The molecule has 1 atom stereocenters. The fourth-order valence-corrected chi connectivity index (χ4v) is 1.97. The zero-order chi connectivity index (χ0) is 16.0. The molecule has 21 heavy (non-hydrogen) atoms. The van der Waals surface area contributed by atoms with Crippen LogP contribution < -0.4 is 11.1 Å². The Kier molecular flexibility index (Phi) is 6.20. The number of primary amides is 1. The van der Waals surface area contributed by atoms with Gasteiger partial charge in [0.15, 0.2) is 0 Å². The number of benzene rings is 1. The average Bonchev–Trinajstić information content (AvgIpc) is 2.36. The molecule has 8 heteroatoms. The van der Waals surface area contributed by atoms with Gasteiger partial charge in [-0.15, -0.1) is 0 Å². The normalized spacial score (nSPS) is 12.1. The van der Waals surface area contributed by atoms with E-state index >= 15 is 0 Å². The molecule has 0 unspecified atom stereocenters. The Balaban J connectivity index is 2.78. The van der Waals surface area contributed by atoms with Gasteiger partial charge in [-0.25, -0.2) is 4.79 Å². The van der Waals surface area contributed by atoms with E-state index in [0.717, 1.165) is 6.08 Å². The second-order valence-electron chi connectivity index (χ2n) is 4.04. The third-order valence-corrected chi connectivity index (χ3v) is 3.08. The number of carbonyl (C=O) groups excluding carboxylic acids is 2. The van der Waals surface area contributed by atoms with Crippen molar-refractivity contribution < 1.29 is 19.5 Å². The van der Waals surface area contributed by atoms with Crippen LogP contribution in [0.4, 0.5) is 0 Å². The first-order valence-corrected chi connectivity index (χ1v) is 6.50. The second-order valence-corrected chi connectivity index (χ2v) is 4.85. The van der Waals surface area contributed by atoms with Crippen molar-refractivity contribution in [1.29, 1.82) is 0 Å². The highest BCUT2D eigenvalue weighted by Crippen LogP contribution is 2.25. The first kappa shape index (κ1) is 17.0. The molecule has 0 bridgehead atoms. The zero-order valence-electron chi connectivity index (χ0n) is 10.7. The molecule has 0 heterocycles. The molecule has 0 saturated heterocycles. The Morgan fingerprint density at radius 3 is 2.33 bits per heavy atom. The van der Waals surface area contributed by atoms with Gasteiger partial charge in [0.05, 0.1) is 6.42 Å². The van der Waals surface area contributed by atoms with Crippen LogP contribution >= 0.6 is 23.2 Å². The van der Waals surface area contributed by atoms with Crippen molar-refractivity contribution in [3.63, 3.8) is 0 Å². The number of rotatable bonds is 6. The highest BCUT2D eigenvalue weighted by Gasteiger charge is 2.21. The van der Waals surface area contributed by atoms with E-state index in [-0.39, 0.29) is 0 Å². The van der Waals surface area contributed by atoms with Crippen LogP contribution in [0.2, 0.25) is 10.0 Å². The number of nitrogens with two attached hydrogens (primary N) is 1. The van der Waals surface area contributed by atoms with Crippen LogP contribution in [0.5, 0.6) is 0 Å². The average molecular weight is 331 g/mol. The molecule has 1 rings (SSSR count). The molecule has 0 radical (unpaired) electrons. The van der Waals surface area contributed by atoms with E-state index in [2.05, 4.69) is 5.32 Å². The lowest BCUT2D eigenvalue weighted by Gasteiger charge is -2.10. The van der Waals surface area contributed by atoms with Crippen LogP contribution in [-0.2, 0) is 14.4 Å². The van der Waals surface area contributed by atoms with E-state index in [9.17, 15) is 14.4 Å². The van der Waals surface area contributed by atoms with Crippen molar-refractivity contribution in [3.8, 4) is 0 Å². The smallest absolute Gasteiger partial charge is 0.326 e. The van der Waals surface area contributed by atoms with Crippen molar-refractivity contribution in [3.05, 3.63) is 39.9 Å². The van der Waals surface area contributed by atoms with Gasteiger partial charge < -0.3 is 16.2 Å². The van der Waals surface area contributed by atoms with Crippen molar-refractivity contribution in [1.82, 2.24) is 5.32 Å². The van der Waals surface area contributed by atoms with Gasteiger partial charge in [0, 0.05) is 21.7 Å². The first-order chi connectivity index (χ1) is 9.81. The Bertz CT molecular complexity index is 582. The topological polar surface area (TPSA) is 109 Å². The number of carbonyl (C=O) groups is 3. The second kappa shape index (κ2) is 7.66. The van der Waals surface area contributed by atoms with Gasteiger partial charge in [0.25, 0.3) is 0 Å². The summed E-state index contributed by atoms with van der Waals surface area (Å²) in [6, 6.07) is 3.45. The van der Waals surface area contributed by atoms with Crippen LogP contribution in [-0.4, -0.2) is 28.9 Å². The number of hydrogen-bond acceptors (Lipinski definition) is 3. The summed E-state index contributed by atoms with van der Waals surface area (Å²) in [5.41, 5.74) is 5.33. The van der Waals surface area contributed by atoms with E-state index in [0.29, 0.717) is 15.6 Å². The summed E-state index contributed by atoms with van der Waals surface area (Å²) < 4.78 is 0. The van der Waals surface area contributed by atoms with E-state index in [4.69, 9.17) is 34.0 Å². The number of carboxylic acid groups (broad SMARTS) is 1. The SMILES string of the molecule is NC(=O)C[C@H](NC(=O)C=Cc1c(Cl)cccc1Cl)C(=O)O. The molecule has 0 fully saturated rings. The summed E-state index contributed by atoms with van der Waals surface area (Å²) in [5.74, 6) is -2.90. The molecule has 0 aromatic heterocycles. The number of nitrogens with one attached hydrogen (secondary N) is 1. The molecule has 4 N–H and O–H groups in total. The largest absolute Gasteiger partial charge is 0.480 e. The minimum Gasteiger partial charge on any atom is -0.480 e. The van der Waals surface area contributed by atoms with Crippen molar-refractivity contribution in [2.24, 2.45) is 5.73 Å². The molecule has 0 saturated carbocycles. The minimum atomic E-state index is -1.39. The lowest BCUT2D eigenvalue weighted by atomic mass is 10.2. The molecule has 1 aromatic carbocycles. The highest BCUT2D eigenvalue weighted by molar-refractivity contribution is 6.37. The lowest BCUT2D eigenvalue weighted by molar-refractivity contribution is -0.142. The lowest BCUT2D eigenvalue weighted by Crippen LogP contribution is -2.42. The number of carboxylic acids is 1. The fourth-order valence-electron chi connectivity index (χ4n) is 1.45. The molecule has 112 valence electrons. The molecule has 1 aromatic rings. The Hall–Kier alpha value is -2.05. The predicted octanol–water partition coefficient (Wildman–Crippen LogP) is 1.45. The third-order valence-electron chi connectivity index (χ3n) is 2.42. The standard InChI is InChI=1S/C13H12Cl2N2O4/c14-8-2-1-3-9(15)7(8)4-5-12(19)17-10(13(20)21)6-11(16)18/h1-5,10H,6H2,(H2,16,18)(H,17,19)(H,20,21)/t10-/m0/s1. The Morgan fingerprint density at radius 1 is 1.29 bits per heavy atom. The Morgan fingerprint density at radius 2 is 1.86 bits per heavy atom. The number of aliphatic carboxylic acids is 1. The van der Waals surface area contributed by atoms with Gasteiger partial charge in [0.1, 0.15) is 6.04 Å². The summed E-state index contributed by atoms with van der Waals surface area (Å²) in [7, 11) is 0. The van der Waals surface area contributed by atoms with E-state index in [1.54, 1.807) is 18.2 Å². The van der Waals surface area contributed by atoms with Gasteiger partial charge in [-0.1, -0.05) is 29.3 Å². The molecule has 0 aliphatic rings.